The summed E-state index contributed by atoms with van der Waals surface area (Å²) in [4.78, 5) is 4.20. The predicted octanol–water partition coefficient (Wildman–Crippen LogP) is 2.17. The van der Waals surface area contributed by atoms with E-state index in [-0.39, 0.29) is 0 Å². The Morgan fingerprint density at radius 3 is 2.39 bits per heavy atom. The number of nitrogens with zero attached hydrogens (tertiary/aromatic N) is 3. The third-order valence-corrected chi connectivity index (χ3v) is 3.13. The van der Waals surface area contributed by atoms with Crippen LogP contribution in [0.2, 0.25) is 0 Å². The Morgan fingerprint density at radius 1 is 1.22 bits per heavy atom. The van der Waals surface area contributed by atoms with Crippen LogP contribution in [0.3, 0.4) is 0 Å². The van der Waals surface area contributed by atoms with Gasteiger partial charge in [0.1, 0.15) is 11.9 Å². The Labute approximate surface area is 107 Å². The molecule has 2 aromatic rings. The highest BCUT2D eigenvalue weighted by atomic mass is 16.3. The maximum atomic E-state index is 10.8. The third-order valence-electron chi connectivity index (χ3n) is 3.13. The summed E-state index contributed by atoms with van der Waals surface area (Å²) in [6.45, 7) is 8.48. The summed E-state index contributed by atoms with van der Waals surface area (Å²) in [5.74, 6) is 0.579. The van der Waals surface area contributed by atoms with Crippen LogP contribution in [0.4, 0.5) is 0 Å². The zero-order chi connectivity index (χ0) is 13.3. The van der Waals surface area contributed by atoms with Crippen LogP contribution < -0.4 is 0 Å². The van der Waals surface area contributed by atoms with E-state index in [9.17, 15) is 5.11 Å². The fourth-order valence-corrected chi connectivity index (χ4v) is 2.26. The van der Waals surface area contributed by atoms with Crippen molar-refractivity contribution in [2.45, 2.75) is 39.8 Å². The molecule has 0 aliphatic rings. The van der Waals surface area contributed by atoms with E-state index in [0.29, 0.717) is 12.4 Å². The van der Waals surface area contributed by atoms with Crippen molar-refractivity contribution >= 4 is 0 Å². The molecule has 0 saturated carbocycles. The van der Waals surface area contributed by atoms with Crippen molar-refractivity contribution in [3.8, 4) is 0 Å². The Hall–Kier alpha value is -1.68. The fraction of sp³-hybridized carbons (Fsp3) is 0.429. The molecular formula is C14H19N3O. The predicted molar refractivity (Wildman–Crippen MR) is 70.3 cm³/mol. The van der Waals surface area contributed by atoms with Crippen molar-refractivity contribution in [2.24, 2.45) is 0 Å². The van der Waals surface area contributed by atoms with E-state index in [0.717, 1.165) is 16.7 Å². The van der Waals surface area contributed by atoms with Crippen molar-refractivity contribution in [3.63, 3.8) is 0 Å². The van der Waals surface area contributed by atoms with Crippen LogP contribution in [0.15, 0.2) is 24.5 Å². The second-order valence-electron chi connectivity index (χ2n) is 4.85. The maximum absolute atomic E-state index is 10.8. The molecule has 0 fully saturated rings. The van der Waals surface area contributed by atoms with E-state index in [1.54, 1.807) is 11.6 Å². The molecule has 1 unspecified atom stereocenters. The van der Waals surface area contributed by atoms with Gasteiger partial charge in [-0.05, 0) is 33.3 Å². The van der Waals surface area contributed by atoms with E-state index in [1.807, 2.05) is 32.9 Å². The van der Waals surface area contributed by atoms with Crippen LogP contribution in [0.1, 0.15) is 36.4 Å². The van der Waals surface area contributed by atoms with Crippen LogP contribution in [0, 0.1) is 13.8 Å². The Balaban J connectivity index is 2.53. The third kappa shape index (κ3) is 2.16. The number of hydrogen-bond acceptors (Lipinski definition) is 3. The molecule has 0 aliphatic carbocycles. The minimum atomic E-state index is -1.12. The van der Waals surface area contributed by atoms with Gasteiger partial charge in [-0.1, -0.05) is 29.3 Å². The number of benzene rings is 1. The van der Waals surface area contributed by atoms with Crippen molar-refractivity contribution in [3.05, 3.63) is 47.0 Å². The van der Waals surface area contributed by atoms with Crippen LogP contribution >= 0.6 is 0 Å². The van der Waals surface area contributed by atoms with E-state index < -0.39 is 5.60 Å². The molecule has 96 valence electrons. The summed E-state index contributed by atoms with van der Waals surface area (Å²) in [7, 11) is 0. The number of aliphatic hydroxyl groups is 1. The second-order valence-corrected chi connectivity index (χ2v) is 4.85. The summed E-state index contributed by atoms with van der Waals surface area (Å²) in [5, 5.41) is 14.9. The highest BCUT2D eigenvalue weighted by Crippen LogP contribution is 2.28. The molecule has 1 aromatic heterocycles. The van der Waals surface area contributed by atoms with Crippen LogP contribution in [0.5, 0.6) is 0 Å². The Bertz CT molecular complexity index is 538. The first-order valence-corrected chi connectivity index (χ1v) is 6.14. The summed E-state index contributed by atoms with van der Waals surface area (Å²) in [6, 6.07) is 6.06. The monoisotopic (exact) mass is 245 g/mol. The minimum absolute atomic E-state index is 0.579. The van der Waals surface area contributed by atoms with Gasteiger partial charge in [-0.25, -0.2) is 9.67 Å². The van der Waals surface area contributed by atoms with Crippen LogP contribution in [-0.2, 0) is 12.1 Å². The molecule has 1 heterocycles. The van der Waals surface area contributed by atoms with Gasteiger partial charge >= 0.3 is 0 Å². The lowest BCUT2D eigenvalue weighted by Gasteiger charge is -2.24. The molecule has 1 atom stereocenters. The number of aromatic nitrogens is 3. The van der Waals surface area contributed by atoms with Crippen molar-refractivity contribution in [2.75, 3.05) is 0 Å². The van der Waals surface area contributed by atoms with Gasteiger partial charge in [-0.2, -0.15) is 5.10 Å². The number of aryl methyl sites for hydroxylation is 3. The van der Waals surface area contributed by atoms with Gasteiger partial charge in [0.25, 0.3) is 0 Å². The van der Waals surface area contributed by atoms with Gasteiger partial charge in [0, 0.05) is 6.54 Å². The normalized spacial score (nSPS) is 14.5. The standard InChI is InChI=1S/C14H19N3O/c1-5-17-13(15-9-16-17)14(4,18)12-7-10(2)6-11(3)8-12/h6-9,18H,5H2,1-4H3. The highest BCUT2D eigenvalue weighted by Gasteiger charge is 2.31. The summed E-state index contributed by atoms with van der Waals surface area (Å²) in [5.41, 5.74) is 1.99. The fourth-order valence-electron chi connectivity index (χ4n) is 2.26. The number of rotatable bonds is 3. The lowest BCUT2D eigenvalue weighted by atomic mass is 9.92. The van der Waals surface area contributed by atoms with Gasteiger partial charge in [-0.15, -0.1) is 0 Å². The SMILES string of the molecule is CCn1ncnc1C(C)(O)c1cc(C)cc(C)c1. The molecule has 0 saturated heterocycles. The van der Waals surface area contributed by atoms with Crippen molar-refractivity contribution < 1.29 is 5.11 Å². The quantitative estimate of drug-likeness (QED) is 0.901. The molecule has 0 aliphatic heterocycles. The molecule has 0 bridgehead atoms. The number of hydrogen-bond donors (Lipinski definition) is 1. The molecule has 4 nitrogen and oxygen atoms in total. The zero-order valence-electron chi connectivity index (χ0n) is 11.3. The highest BCUT2D eigenvalue weighted by molar-refractivity contribution is 5.35. The van der Waals surface area contributed by atoms with Crippen molar-refractivity contribution in [1.29, 1.82) is 0 Å². The van der Waals surface area contributed by atoms with Crippen LogP contribution in [-0.4, -0.2) is 19.9 Å². The zero-order valence-corrected chi connectivity index (χ0v) is 11.3. The molecule has 0 amide bonds. The molecule has 2 rings (SSSR count). The minimum Gasteiger partial charge on any atom is -0.377 e. The van der Waals surface area contributed by atoms with Gasteiger partial charge in [-0.3, -0.25) is 0 Å². The first-order chi connectivity index (χ1) is 8.45. The largest absolute Gasteiger partial charge is 0.377 e. The first kappa shape index (κ1) is 12.8. The Kier molecular flexibility index (Phi) is 3.22. The first-order valence-electron chi connectivity index (χ1n) is 6.14. The molecule has 0 radical (unpaired) electrons. The van der Waals surface area contributed by atoms with E-state index in [1.165, 1.54) is 6.33 Å². The summed E-state index contributed by atoms with van der Waals surface area (Å²) < 4.78 is 1.72. The van der Waals surface area contributed by atoms with Crippen LogP contribution in [0.25, 0.3) is 0 Å². The molecule has 0 spiro atoms. The average molecular weight is 245 g/mol. The van der Waals surface area contributed by atoms with Gasteiger partial charge < -0.3 is 5.11 Å². The molecule has 4 heteroatoms. The summed E-state index contributed by atoms with van der Waals surface area (Å²) in [6.07, 6.45) is 1.48. The second kappa shape index (κ2) is 4.53. The van der Waals surface area contributed by atoms with E-state index in [2.05, 4.69) is 16.1 Å². The molecule has 1 aromatic carbocycles. The molecular weight excluding hydrogens is 226 g/mol. The smallest absolute Gasteiger partial charge is 0.163 e. The van der Waals surface area contributed by atoms with Gasteiger partial charge in [0.15, 0.2) is 5.82 Å². The van der Waals surface area contributed by atoms with E-state index >= 15 is 0 Å². The van der Waals surface area contributed by atoms with Gasteiger partial charge in [0.2, 0.25) is 0 Å². The molecule has 18 heavy (non-hydrogen) atoms. The summed E-state index contributed by atoms with van der Waals surface area (Å²) >= 11 is 0. The lowest BCUT2D eigenvalue weighted by molar-refractivity contribution is 0.0867. The van der Waals surface area contributed by atoms with Crippen molar-refractivity contribution in [1.82, 2.24) is 14.8 Å². The van der Waals surface area contributed by atoms with E-state index in [4.69, 9.17) is 0 Å². The Morgan fingerprint density at radius 2 is 1.83 bits per heavy atom. The molecule has 1 N–H and O–H groups in total. The average Bonchev–Trinajstić information content (AvgIpc) is 2.76. The topological polar surface area (TPSA) is 50.9 Å². The maximum Gasteiger partial charge on any atom is 0.163 e. The van der Waals surface area contributed by atoms with Gasteiger partial charge in [0.05, 0.1) is 0 Å². The lowest BCUT2D eigenvalue weighted by Crippen LogP contribution is -2.28.